The second-order valence-corrected chi connectivity index (χ2v) is 5.97. The van der Waals surface area contributed by atoms with Crippen LogP contribution in [0.5, 0.6) is 0 Å². The van der Waals surface area contributed by atoms with E-state index in [4.69, 9.17) is 23.2 Å². The van der Waals surface area contributed by atoms with Gasteiger partial charge in [-0.15, -0.1) is 0 Å². The van der Waals surface area contributed by atoms with Crippen LogP contribution >= 0.6 is 23.2 Å². The first-order chi connectivity index (χ1) is 9.39. The third-order valence-corrected chi connectivity index (χ3v) is 3.67. The number of nitrogens with one attached hydrogen (secondary N) is 1. The molecular weight excluding hydrogens is 293 g/mol. The monoisotopic (exact) mass is 307 g/mol. The van der Waals surface area contributed by atoms with Crippen molar-refractivity contribution >= 4 is 34.8 Å². The predicted octanol–water partition coefficient (Wildman–Crippen LogP) is 4.91. The zero-order chi connectivity index (χ0) is 14.8. The summed E-state index contributed by atoms with van der Waals surface area (Å²) in [6, 6.07) is 14.4. The third kappa shape index (κ3) is 3.33. The molecule has 0 saturated heterocycles. The number of amides is 1. The van der Waals surface area contributed by atoms with Crippen LogP contribution in [0.1, 0.15) is 19.4 Å². The Bertz CT molecular complexity index is 638. The molecule has 2 nitrogen and oxygen atoms in total. The summed E-state index contributed by atoms with van der Waals surface area (Å²) in [6.45, 7) is 3.72. The van der Waals surface area contributed by atoms with Crippen LogP contribution in [-0.4, -0.2) is 5.91 Å². The summed E-state index contributed by atoms with van der Waals surface area (Å²) in [5.41, 5.74) is 0.856. The van der Waals surface area contributed by atoms with Gasteiger partial charge in [-0.3, -0.25) is 4.79 Å². The van der Waals surface area contributed by atoms with Gasteiger partial charge in [-0.25, -0.2) is 0 Å². The van der Waals surface area contributed by atoms with E-state index in [-0.39, 0.29) is 5.91 Å². The van der Waals surface area contributed by atoms with Crippen molar-refractivity contribution in [1.29, 1.82) is 0 Å². The van der Waals surface area contributed by atoms with Crippen molar-refractivity contribution in [2.24, 2.45) is 0 Å². The molecule has 0 heterocycles. The van der Waals surface area contributed by atoms with Crippen LogP contribution in [0.3, 0.4) is 0 Å². The molecule has 20 heavy (non-hydrogen) atoms. The highest BCUT2D eigenvalue weighted by Gasteiger charge is 2.30. The van der Waals surface area contributed by atoms with Crippen LogP contribution in [0.25, 0.3) is 0 Å². The molecule has 104 valence electrons. The van der Waals surface area contributed by atoms with Gasteiger partial charge in [-0.2, -0.15) is 0 Å². The van der Waals surface area contributed by atoms with Crippen LogP contribution < -0.4 is 5.32 Å². The molecular formula is C16H15Cl2NO. The van der Waals surface area contributed by atoms with Crippen LogP contribution in [0.15, 0.2) is 48.5 Å². The van der Waals surface area contributed by atoms with Gasteiger partial charge in [-0.05, 0) is 49.7 Å². The second kappa shape index (κ2) is 5.86. The van der Waals surface area contributed by atoms with E-state index < -0.39 is 5.41 Å². The van der Waals surface area contributed by atoms with Crippen molar-refractivity contribution in [2.75, 3.05) is 5.32 Å². The molecule has 0 spiro atoms. The highest BCUT2D eigenvalue weighted by molar-refractivity contribution is 6.31. The summed E-state index contributed by atoms with van der Waals surface area (Å²) in [6.07, 6.45) is 0. The first kappa shape index (κ1) is 14.9. The molecule has 0 unspecified atom stereocenters. The molecule has 0 radical (unpaired) electrons. The third-order valence-electron chi connectivity index (χ3n) is 3.20. The number of carbonyl (C=O) groups excluding carboxylic acids is 1. The SMILES string of the molecule is CC(C)(C(=O)Nc1cccc(Cl)c1)c1cccc(Cl)c1. The number of hydrogen-bond acceptors (Lipinski definition) is 1. The number of rotatable bonds is 3. The van der Waals surface area contributed by atoms with E-state index in [0.717, 1.165) is 5.56 Å². The Morgan fingerprint density at radius 1 is 1.00 bits per heavy atom. The molecule has 0 fully saturated rings. The number of anilines is 1. The van der Waals surface area contributed by atoms with E-state index >= 15 is 0 Å². The average Bonchev–Trinajstić information content (AvgIpc) is 2.38. The highest BCUT2D eigenvalue weighted by Crippen LogP contribution is 2.27. The number of carbonyl (C=O) groups is 1. The van der Waals surface area contributed by atoms with Crippen molar-refractivity contribution < 1.29 is 4.79 Å². The fraction of sp³-hybridized carbons (Fsp3) is 0.188. The zero-order valence-corrected chi connectivity index (χ0v) is 12.8. The van der Waals surface area contributed by atoms with Gasteiger partial charge in [0.25, 0.3) is 0 Å². The first-order valence-electron chi connectivity index (χ1n) is 6.22. The summed E-state index contributed by atoms with van der Waals surface area (Å²) in [7, 11) is 0. The van der Waals surface area contributed by atoms with Gasteiger partial charge in [-0.1, -0.05) is 41.4 Å². The van der Waals surface area contributed by atoms with Gasteiger partial charge in [0, 0.05) is 15.7 Å². The molecule has 0 saturated carbocycles. The Balaban J connectivity index is 2.23. The number of hydrogen-bond donors (Lipinski definition) is 1. The van der Waals surface area contributed by atoms with E-state index in [2.05, 4.69) is 5.32 Å². The fourth-order valence-corrected chi connectivity index (χ4v) is 2.24. The second-order valence-electron chi connectivity index (χ2n) is 5.10. The minimum atomic E-state index is -0.687. The largest absolute Gasteiger partial charge is 0.325 e. The molecule has 2 rings (SSSR count). The highest BCUT2D eigenvalue weighted by atomic mass is 35.5. The molecule has 1 N–H and O–H groups in total. The lowest BCUT2D eigenvalue weighted by Gasteiger charge is -2.24. The maximum absolute atomic E-state index is 12.5. The Kier molecular flexibility index (Phi) is 4.36. The Labute approximate surface area is 128 Å². The van der Waals surface area contributed by atoms with Gasteiger partial charge < -0.3 is 5.32 Å². The van der Waals surface area contributed by atoms with Crippen molar-refractivity contribution in [2.45, 2.75) is 19.3 Å². The van der Waals surface area contributed by atoms with E-state index in [9.17, 15) is 4.79 Å². The summed E-state index contributed by atoms with van der Waals surface area (Å²) in [4.78, 5) is 12.5. The average molecular weight is 308 g/mol. The molecule has 0 atom stereocenters. The molecule has 0 aliphatic carbocycles. The smallest absolute Gasteiger partial charge is 0.234 e. The summed E-state index contributed by atoms with van der Waals surface area (Å²) < 4.78 is 0. The fourth-order valence-electron chi connectivity index (χ4n) is 1.86. The van der Waals surface area contributed by atoms with Crippen LogP contribution in [0.2, 0.25) is 10.0 Å². The van der Waals surface area contributed by atoms with Gasteiger partial charge in [0.15, 0.2) is 0 Å². The van der Waals surface area contributed by atoms with Gasteiger partial charge >= 0.3 is 0 Å². The van der Waals surface area contributed by atoms with Crippen LogP contribution in [0.4, 0.5) is 5.69 Å². The minimum absolute atomic E-state index is 0.109. The van der Waals surface area contributed by atoms with Crippen molar-refractivity contribution in [3.63, 3.8) is 0 Å². The molecule has 0 aliphatic rings. The number of benzene rings is 2. The van der Waals surface area contributed by atoms with Crippen molar-refractivity contribution in [3.05, 3.63) is 64.1 Å². The lowest BCUT2D eigenvalue weighted by molar-refractivity contribution is -0.120. The van der Waals surface area contributed by atoms with E-state index in [1.54, 1.807) is 36.4 Å². The van der Waals surface area contributed by atoms with Crippen LogP contribution in [0, 0.1) is 0 Å². The van der Waals surface area contributed by atoms with Gasteiger partial charge in [0.2, 0.25) is 5.91 Å². The minimum Gasteiger partial charge on any atom is -0.325 e. The zero-order valence-electron chi connectivity index (χ0n) is 11.3. The van der Waals surface area contributed by atoms with Crippen molar-refractivity contribution in [1.82, 2.24) is 0 Å². The Morgan fingerprint density at radius 2 is 1.60 bits per heavy atom. The van der Waals surface area contributed by atoms with E-state index in [0.29, 0.717) is 15.7 Å². The topological polar surface area (TPSA) is 29.1 Å². The maximum Gasteiger partial charge on any atom is 0.234 e. The quantitative estimate of drug-likeness (QED) is 0.857. The van der Waals surface area contributed by atoms with Gasteiger partial charge in [0.1, 0.15) is 0 Å². The lowest BCUT2D eigenvalue weighted by atomic mass is 9.83. The van der Waals surface area contributed by atoms with Crippen LogP contribution in [-0.2, 0) is 10.2 Å². The summed E-state index contributed by atoms with van der Waals surface area (Å²) in [5.74, 6) is -0.109. The summed E-state index contributed by atoms with van der Waals surface area (Å²) >= 11 is 11.9. The van der Waals surface area contributed by atoms with Gasteiger partial charge in [0.05, 0.1) is 5.41 Å². The number of halogens is 2. The Morgan fingerprint density at radius 3 is 2.20 bits per heavy atom. The maximum atomic E-state index is 12.5. The molecule has 0 aliphatic heterocycles. The molecule has 0 aromatic heterocycles. The normalized spacial score (nSPS) is 11.2. The molecule has 2 aromatic rings. The van der Waals surface area contributed by atoms with Crippen molar-refractivity contribution in [3.8, 4) is 0 Å². The first-order valence-corrected chi connectivity index (χ1v) is 6.98. The van der Waals surface area contributed by atoms with E-state index in [1.165, 1.54) is 0 Å². The lowest BCUT2D eigenvalue weighted by Crippen LogP contribution is -2.34. The predicted molar refractivity (Wildman–Crippen MR) is 84.6 cm³/mol. The molecule has 4 heteroatoms. The van der Waals surface area contributed by atoms with E-state index in [1.807, 2.05) is 26.0 Å². The summed E-state index contributed by atoms with van der Waals surface area (Å²) in [5, 5.41) is 4.08. The standard InChI is InChI=1S/C16H15Cl2NO/c1-16(2,11-5-3-6-12(17)9-11)15(20)19-14-8-4-7-13(18)10-14/h3-10H,1-2H3,(H,19,20). The molecule has 1 amide bonds. The Hall–Kier alpha value is -1.51. The molecule has 2 aromatic carbocycles. The molecule has 0 bridgehead atoms.